The largest absolute Gasteiger partial charge is 0.383 e. The molecule has 0 unspecified atom stereocenters. The van der Waals surface area contributed by atoms with E-state index in [0.29, 0.717) is 19.5 Å². The summed E-state index contributed by atoms with van der Waals surface area (Å²) in [6.45, 7) is 2.51. The summed E-state index contributed by atoms with van der Waals surface area (Å²) < 4.78 is 40.0. The molecule has 0 aromatic heterocycles. The predicted molar refractivity (Wildman–Crippen MR) is 92.9 cm³/mol. The standard InChI is InChI=1S/C18H20FNO4S/c1-3-18(21)20(12-14-4-8-16(19)9-5-14)13-15-6-10-17(11-7-15)24-25(2,22)23/h4-11H,3,12-13H2,1-2H3. The van der Waals surface area contributed by atoms with Crippen LogP contribution >= 0.6 is 0 Å². The Bertz CT molecular complexity index is 817. The van der Waals surface area contributed by atoms with Gasteiger partial charge in [0.1, 0.15) is 11.6 Å². The third-order valence-corrected chi connectivity index (χ3v) is 3.98. The minimum Gasteiger partial charge on any atom is -0.383 e. The Hall–Kier alpha value is -2.41. The van der Waals surface area contributed by atoms with E-state index < -0.39 is 10.1 Å². The summed E-state index contributed by atoms with van der Waals surface area (Å²) in [6, 6.07) is 12.5. The Morgan fingerprint density at radius 2 is 1.48 bits per heavy atom. The molecule has 0 spiro atoms. The number of halogens is 1. The van der Waals surface area contributed by atoms with Gasteiger partial charge in [0.05, 0.1) is 6.26 Å². The third kappa shape index (κ3) is 6.19. The zero-order valence-corrected chi connectivity index (χ0v) is 14.9. The maximum absolute atomic E-state index is 13.0. The van der Waals surface area contributed by atoms with Crippen molar-refractivity contribution in [2.75, 3.05) is 6.26 Å². The van der Waals surface area contributed by atoms with E-state index in [1.165, 1.54) is 12.1 Å². The molecule has 0 atom stereocenters. The lowest BCUT2D eigenvalue weighted by molar-refractivity contribution is -0.132. The van der Waals surface area contributed by atoms with Gasteiger partial charge in [-0.15, -0.1) is 0 Å². The van der Waals surface area contributed by atoms with Crippen LogP contribution in [0.2, 0.25) is 0 Å². The Balaban J connectivity index is 2.11. The van der Waals surface area contributed by atoms with Crippen LogP contribution in [-0.4, -0.2) is 25.5 Å². The molecular weight excluding hydrogens is 345 g/mol. The second-order valence-corrected chi connectivity index (χ2v) is 7.24. The molecule has 7 heteroatoms. The lowest BCUT2D eigenvalue weighted by Crippen LogP contribution is -2.29. The Morgan fingerprint density at radius 1 is 1.00 bits per heavy atom. The van der Waals surface area contributed by atoms with Crippen LogP contribution in [0.4, 0.5) is 4.39 Å². The highest BCUT2D eigenvalue weighted by Crippen LogP contribution is 2.17. The fourth-order valence-corrected chi connectivity index (χ4v) is 2.77. The van der Waals surface area contributed by atoms with Crippen molar-refractivity contribution in [2.45, 2.75) is 26.4 Å². The molecule has 0 bridgehead atoms. The molecule has 2 rings (SSSR count). The van der Waals surface area contributed by atoms with Gasteiger partial charge < -0.3 is 9.08 Å². The molecule has 2 aromatic rings. The second kappa shape index (κ2) is 8.11. The topological polar surface area (TPSA) is 63.7 Å². The van der Waals surface area contributed by atoms with Crippen molar-refractivity contribution in [2.24, 2.45) is 0 Å². The molecule has 0 aliphatic carbocycles. The lowest BCUT2D eigenvalue weighted by atomic mass is 10.1. The molecule has 2 aromatic carbocycles. The van der Waals surface area contributed by atoms with Crippen molar-refractivity contribution in [3.8, 4) is 5.75 Å². The summed E-state index contributed by atoms with van der Waals surface area (Å²) in [5.74, 6) is -0.127. The molecule has 1 amide bonds. The molecule has 0 N–H and O–H groups in total. The van der Waals surface area contributed by atoms with Crippen molar-refractivity contribution in [3.63, 3.8) is 0 Å². The van der Waals surface area contributed by atoms with Crippen LogP contribution < -0.4 is 4.18 Å². The summed E-state index contributed by atoms with van der Waals surface area (Å²) in [7, 11) is -3.57. The number of benzene rings is 2. The quantitative estimate of drug-likeness (QED) is 0.707. The van der Waals surface area contributed by atoms with E-state index in [4.69, 9.17) is 4.18 Å². The monoisotopic (exact) mass is 365 g/mol. The molecular formula is C18H20FNO4S. The zero-order valence-electron chi connectivity index (χ0n) is 14.1. The number of hydrogen-bond donors (Lipinski definition) is 0. The Kier molecular flexibility index (Phi) is 6.14. The number of nitrogens with zero attached hydrogens (tertiary/aromatic N) is 1. The molecule has 0 radical (unpaired) electrons. The first-order valence-electron chi connectivity index (χ1n) is 7.77. The van der Waals surface area contributed by atoms with Gasteiger partial charge in [0, 0.05) is 19.5 Å². The average molecular weight is 365 g/mol. The third-order valence-electron chi connectivity index (χ3n) is 3.49. The lowest BCUT2D eigenvalue weighted by Gasteiger charge is -2.22. The van der Waals surface area contributed by atoms with Gasteiger partial charge in [-0.3, -0.25) is 4.79 Å². The van der Waals surface area contributed by atoms with E-state index >= 15 is 0 Å². The predicted octanol–water partition coefficient (Wildman–Crippen LogP) is 3.10. The SMILES string of the molecule is CCC(=O)N(Cc1ccc(F)cc1)Cc1ccc(OS(C)(=O)=O)cc1. The van der Waals surface area contributed by atoms with Crippen LogP contribution in [-0.2, 0) is 28.0 Å². The first-order valence-corrected chi connectivity index (χ1v) is 9.59. The number of hydrogen-bond acceptors (Lipinski definition) is 4. The minimum absolute atomic E-state index is 0.0270. The maximum atomic E-state index is 13.0. The minimum atomic E-state index is -3.57. The Morgan fingerprint density at radius 3 is 1.92 bits per heavy atom. The van der Waals surface area contributed by atoms with Gasteiger partial charge in [-0.1, -0.05) is 31.2 Å². The van der Waals surface area contributed by atoms with Crippen LogP contribution in [0.15, 0.2) is 48.5 Å². The first-order chi connectivity index (χ1) is 11.8. The van der Waals surface area contributed by atoms with Crippen molar-refractivity contribution in [3.05, 3.63) is 65.5 Å². The molecule has 0 saturated carbocycles. The van der Waals surface area contributed by atoms with E-state index in [-0.39, 0.29) is 17.5 Å². The highest BCUT2D eigenvalue weighted by atomic mass is 32.2. The summed E-state index contributed by atoms with van der Waals surface area (Å²) in [4.78, 5) is 13.9. The fraction of sp³-hybridized carbons (Fsp3) is 0.278. The van der Waals surface area contributed by atoms with Crippen LogP contribution in [0.3, 0.4) is 0 Å². The molecule has 0 aliphatic rings. The van der Waals surface area contributed by atoms with Gasteiger partial charge >= 0.3 is 10.1 Å². The van der Waals surface area contributed by atoms with Crippen molar-refractivity contribution < 1.29 is 21.8 Å². The van der Waals surface area contributed by atoms with Crippen LogP contribution in [0, 0.1) is 5.82 Å². The summed E-state index contributed by atoms with van der Waals surface area (Å²) in [5.41, 5.74) is 1.67. The normalized spacial score (nSPS) is 11.2. The summed E-state index contributed by atoms with van der Waals surface area (Å²) in [5, 5.41) is 0. The molecule has 5 nitrogen and oxygen atoms in total. The van der Waals surface area contributed by atoms with E-state index in [1.54, 1.807) is 48.2 Å². The van der Waals surface area contributed by atoms with Gasteiger partial charge in [0.25, 0.3) is 0 Å². The van der Waals surface area contributed by atoms with E-state index in [9.17, 15) is 17.6 Å². The molecule has 25 heavy (non-hydrogen) atoms. The number of carbonyl (C=O) groups excluding carboxylic acids is 1. The number of amides is 1. The van der Waals surface area contributed by atoms with E-state index in [2.05, 4.69) is 0 Å². The average Bonchev–Trinajstić information content (AvgIpc) is 2.56. The summed E-state index contributed by atoms with van der Waals surface area (Å²) in [6.07, 6.45) is 1.34. The maximum Gasteiger partial charge on any atom is 0.306 e. The van der Waals surface area contributed by atoms with Crippen LogP contribution in [0.5, 0.6) is 5.75 Å². The van der Waals surface area contributed by atoms with Gasteiger partial charge in [-0.2, -0.15) is 8.42 Å². The zero-order chi connectivity index (χ0) is 18.4. The van der Waals surface area contributed by atoms with Crippen LogP contribution in [0.25, 0.3) is 0 Å². The fourth-order valence-electron chi connectivity index (χ4n) is 2.31. The van der Waals surface area contributed by atoms with Crippen molar-refractivity contribution >= 4 is 16.0 Å². The van der Waals surface area contributed by atoms with Crippen molar-refractivity contribution in [1.82, 2.24) is 4.90 Å². The Labute approximate surface area is 147 Å². The number of rotatable bonds is 7. The van der Waals surface area contributed by atoms with Crippen molar-refractivity contribution in [1.29, 1.82) is 0 Å². The highest BCUT2D eigenvalue weighted by molar-refractivity contribution is 7.86. The first kappa shape index (κ1) is 18.9. The molecule has 0 fully saturated rings. The van der Waals surface area contributed by atoms with Gasteiger partial charge in [-0.05, 0) is 35.4 Å². The smallest absolute Gasteiger partial charge is 0.306 e. The molecule has 0 aliphatic heterocycles. The summed E-state index contributed by atoms with van der Waals surface area (Å²) >= 11 is 0. The van der Waals surface area contributed by atoms with E-state index in [0.717, 1.165) is 17.4 Å². The molecule has 134 valence electrons. The van der Waals surface area contributed by atoms with Gasteiger partial charge in [0.15, 0.2) is 0 Å². The van der Waals surface area contributed by atoms with Crippen LogP contribution in [0.1, 0.15) is 24.5 Å². The highest BCUT2D eigenvalue weighted by Gasteiger charge is 2.13. The molecule has 0 saturated heterocycles. The molecule has 0 heterocycles. The number of carbonyl (C=O) groups is 1. The second-order valence-electron chi connectivity index (χ2n) is 5.66. The van der Waals surface area contributed by atoms with E-state index in [1.807, 2.05) is 0 Å². The van der Waals surface area contributed by atoms with Gasteiger partial charge in [0.2, 0.25) is 5.91 Å². The van der Waals surface area contributed by atoms with Gasteiger partial charge in [-0.25, -0.2) is 4.39 Å².